The summed E-state index contributed by atoms with van der Waals surface area (Å²) in [6, 6.07) is 12.6. The van der Waals surface area contributed by atoms with E-state index in [2.05, 4.69) is 30.8 Å². The summed E-state index contributed by atoms with van der Waals surface area (Å²) in [6.45, 7) is 10.8. The molecule has 34 heavy (non-hydrogen) atoms. The predicted octanol–water partition coefficient (Wildman–Crippen LogP) is 8.17. The molecule has 0 spiro atoms. The maximum absolute atomic E-state index is 13.2. The van der Waals surface area contributed by atoms with Crippen LogP contribution in [0.4, 0.5) is 0 Å². The molecule has 7 heteroatoms. The molecule has 0 saturated carbocycles. The third-order valence-corrected chi connectivity index (χ3v) is 7.07. The Balaban J connectivity index is 1.91. The van der Waals surface area contributed by atoms with Crippen LogP contribution >= 0.6 is 34.8 Å². The van der Waals surface area contributed by atoms with Gasteiger partial charge in [0.15, 0.2) is 5.69 Å². The lowest BCUT2D eigenvalue weighted by molar-refractivity contribution is 0.0944. The lowest BCUT2D eigenvalue weighted by atomic mass is 9.86. The van der Waals surface area contributed by atoms with Crippen molar-refractivity contribution in [3.8, 4) is 16.9 Å². The molecule has 0 aliphatic carbocycles. The molecule has 0 fully saturated rings. The van der Waals surface area contributed by atoms with E-state index < -0.39 is 0 Å². The van der Waals surface area contributed by atoms with Gasteiger partial charge in [0, 0.05) is 27.7 Å². The molecular weight excluding hydrogens is 489 g/mol. The highest BCUT2D eigenvalue weighted by molar-refractivity contribution is 6.35. The first-order valence-corrected chi connectivity index (χ1v) is 12.6. The highest BCUT2D eigenvalue weighted by atomic mass is 35.5. The summed E-state index contributed by atoms with van der Waals surface area (Å²) in [6.07, 6.45) is 4.95. The number of aromatic nitrogens is 2. The largest absolute Gasteiger partial charge is 0.351 e. The van der Waals surface area contributed by atoms with Crippen LogP contribution in [-0.2, 0) is 0 Å². The molecule has 0 saturated heterocycles. The lowest BCUT2D eigenvalue weighted by Crippen LogP contribution is -2.28. The van der Waals surface area contributed by atoms with Crippen LogP contribution in [0.1, 0.15) is 49.2 Å². The van der Waals surface area contributed by atoms with Crippen LogP contribution < -0.4 is 5.32 Å². The fourth-order valence-electron chi connectivity index (χ4n) is 4.23. The predicted molar refractivity (Wildman–Crippen MR) is 143 cm³/mol. The zero-order valence-electron chi connectivity index (χ0n) is 19.7. The van der Waals surface area contributed by atoms with Crippen molar-refractivity contribution in [3.05, 3.63) is 81.4 Å². The first-order chi connectivity index (χ1) is 16.3. The van der Waals surface area contributed by atoms with Gasteiger partial charge < -0.3 is 5.32 Å². The maximum Gasteiger partial charge on any atom is 0.272 e. The van der Waals surface area contributed by atoms with E-state index in [4.69, 9.17) is 34.8 Å². The molecule has 2 unspecified atom stereocenters. The molecule has 2 aromatic carbocycles. The second kappa shape index (κ2) is 11.9. The minimum atomic E-state index is -0.208. The zero-order valence-corrected chi connectivity index (χ0v) is 22.0. The fraction of sp³-hybridized carbons (Fsp3) is 0.333. The third kappa shape index (κ3) is 6.04. The van der Waals surface area contributed by atoms with Crippen LogP contribution in [0.3, 0.4) is 0 Å². The Morgan fingerprint density at radius 2 is 1.82 bits per heavy atom. The Kier molecular flexibility index (Phi) is 9.24. The summed E-state index contributed by atoms with van der Waals surface area (Å²) in [5.74, 6) is 0.846. The van der Waals surface area contributed by atoms with Gasteiger partial charge in [0.05, 0.1) is 16.4 Å². The van der Waals surface area contributed by atoms with Crippen LogP contribution in [0.25, 0.3) is 16.9 Å². The Labute approximate surface area is 216 Å². The summed E-state index contributed by atoms with van der Waals surface area (Å²) in [4.78, 5) is 13.2. The molecule has 1 heterocycles. The maximum atomic E-state index is 13.2. The quantitative estimate of drug-likeness (QED) is 0.275. The highest BCUT2D eigenvalue weighted by Crippen LogP contribution is 2.33. The molecule has 2 atom stereocenters. The van der Waals surface area contributed by atoms with Crippen molar-refractivity contribution in [2.75, 3.05) is 6.54 Å². The highest BCUT2D eigenvalue weighted by Gasteiger charge is 2.23. The number of amides is 1. The van der Waals surface area contributed by atoms with E-state index in [1.165, 1.54) is 0 Å². The third-order valence-electron chi connectivity index (χ3n) is 6.28. The van der Waals surface area contributed by atoms with Gasteiger partial charge in [0.1, 0.15) is 0 Å². The molecule has 1 amide bonds. The molecule has 0 bridgehead atoms. The van der Waals surface area contributed by atoms with Crippen molar-refractivity contribution >= 4 is 40.7 Å². The minimum absolute atomic E-state index is 0.208. The Morgan fingerprint density at radius 1 is 1.15 bits per heavy atom. The molecule has 0 aliphatic heterocycles. The second-order valence-corrected chi connectivity index (χ2v) is 9.83. The number of halogens is 3. The van der Waals surface area contributed by atoms with E-state index in [1.807, 2.05) is 37.3 Å². The van der Waals surface area contributed by atoms with Crippen LogP contribution in [-0.4, -0.2) is 22.2 Å². The number of benzene rings is 2. The molecule has 0 aliphatic rings. The fourth-order valence-corrected chi connectivity index (χ4v) is 4.85. The number of hydrogen-bond donors (Lipinski definition) is 1. The topological polar surface area (TPSA) is 46.9 Å². The zero-order chi connectivity index (χ0) is 24.8. The van der Waals surface area contributed by atoms with Gasteiger partial charge in [-0.3, -0.25) is 4.79 Å². The molecular formula is C27H30Cl3N3O. The smallest absolute Gasteiger partial charge is 0.272 e. The molecule has 0 radical (unpaired) electrons. The van der Waals surface area contributed by atoms with Gasteiger partial charge in [0.2, 0.25) is 0 Å². The van der Waals surface area contributed by atoms with Crippen LogP contribution in [0, 0.1) is 18.8 Å². The Bertz CT molecular complexity index is 1150. The first-order valence-electron chi connectivity index (χ1n) is 11.5. The van der Waals surface area contributed by atoms with Crippen LogP contribution in [0.15, 0.2) is 55.1 Å². The van der Waals surface area contributed by atoms with Gasteiger partial charge in [-0.15, -0.1) is 6.58 Å². The number of hydrogen-bond acceptors (Lipinski definition) is 2. The molecule has 1 N–H and O–H groups in total. The summed E-state index contributed by atoms with van der Waals surface area (Å²) in [7, 11) is 0. The standard InChI is InChI=1S/C27H30Cl3N3O/c1-5-7-19(6-2)17(3)14-15-31-27(34)25-18(4)26(20-8-10-21(28)11-9-20)33(32-25)24-13-12-22(29)16-23(24)30/h5,8-13,16-17,19H,1,6-7,14-15H2,2-4H3,(H,31,34). The number of nitrogens with zero attached hydrogens (tertiary/aromatic N) is 2. The van der Waals surface area contributed by atoms with E-state index in [0.717, 1.165) is 36.1 Å². The van der Waals surface area contributed by atoms with E-state index in [0.29, 0.717) is 44.8 Å². The van der Waals surface area contributed by atoms with E-state index >= 15 is 0 Å². The molecule has 4 nitrogen and oxygen atoms in total. The number of rotatable bonds is 10. The molecule has 3 rings (SSSR count). The summed E-state index contributed by atoms with van der Waals surface area (Å²) < 4.78 is 1.70. The molecule has 180 valence electrons. The van der Waals surface area contributed by atoms with Crippen molar-refractivity contribution in [2.24, 2.45) is 11.8 Å². The van der Waals surface area contributed by atoms with Gasteiger partial charge in [-0.2, -0.15) is 5.10 Å². The van der Waals surface area contributed by atoms with Gasteiger partial charge in [-0.1, -0.05) is 73.3 Å². The summed E-state index contributed by atoms with van der Waals surface area (Å²) in [5.41, 5.74) is 3.42. The Morgan fingerprint density at radius 3 is 2.44 bits per heavy atom. The summed E-state index contributed by atoms with van der Waals surface area (Å²) in [5, 5.41) is 9.33. The van der Waals surface area contributed by atoms with E-state index in [1.54, 1.807) is 22.9 Å². The van der Waals surface area contributed by atoms with Crippen molar-refractivity contribution in [3.63, 3.8) is 0 Å². The number of carbonyl (C=O) groups excluding carboxylic acids is 1. The monoisotopic (exact) mass is 517 g/mol. The van der Waals surface area contributed by atoms with Gasteiger partial charge >= 0.3 is 0 Å². The van der Waals surface area contributed by atoms with Gasteiger partial charge in [0.25, 0.3) is 5.91 Å². The SMILES string of the molecule is C=CCC(CC)C(C)CCNC(=O)c1nn(-c2ccc(Cl)cc2Cl)c(-c2ccc(Cl)cc2)c1C. The number of allylic oxidation sites excluding steroid dienone is 1. The Hall–Kier alpha value is -2.27. The average molecular weight is 519 g/mol. The van der Waals surface area contributed by atoms with Crippen molar-refractivity contribution in [1.82, 2.24) is 15.1 Å². The molecule has 3 aromatic rings. The van der Waals surface area contributed by atoms with Crippen LogP contribution in [0.5, 0.6) is 0 Å². The van der Waals surface area contributed by atoms with Crippen molar-refractivity contribution in [2.45, 2.75) is 40.0 Å². The first kappa shape index (κ1) is 26.3. The van der Waals surface area contributed by atoms with Crippen LogP contribution in [0.2, 0.25) is 15.1 Å². The number of carbonyl (C=O) groups is 1. The van der Waals surface area contributed by atoms with E-state index in [9.17, 15) is 4.79 Å². The van der Waals surface area contributed by atoms with E-state index in [-0.39, 0.29) is 5.91 Å². The average Bonchev–Trinajstić information content (AvgIpc) is 3.14. The van der Waals surface area contributed by atoms with Crippen molar-refractivity contribution < 1.29 is 4.79 Å². The van der Waals surface area contributed by atoms with Gasteiger partial charge in [-0.25, -0.2) is 4.68 Å². The normalized spacial score (nSPS) is 12.9. The lowest BCUT2D eigenvalue weighted by Gasteiger charge is -2.21. The van der Waals surface area contributed by atoms with Gasteiger partial charge in [-0.05, 0) is 61.9 Å². The molecule has 1 aromatic heterocycles. The number of nitrogens with one attached hydrogen (secondary N) is 1. The minimum Gasteiger partial charge on any atom is -0.351 e. The second-order valence-electron chi connectivity index (χ2n) is 8.55. The summed E-state index contributed by atoms with van der Waals surface area (Å²) >= 11 is 18.7. The van der Waals surface area contributed by atoms with Crippen molar-refractivity contribution in [1.29, 1.82) is 0 Å².